The third kappa shape index (κ3) is 6.07. The highest BCUT2D eigenvalue weighted by molar-refractivity contribution is 5.83. The normalized spacial score (nSPS) is 12.0. The number of amides is 1. The molecule has 0 fully saturated rings. The Kier molecular flexibility index (Phi) is 7.14. The highest BCUT2D eigenvalue weighted by Gasteiger charge is 2.22. The zero-order valence-electron chi connectivity index (χ0n) is 19.6. The molecule has 1 amide bonds. The van der Waals surface area contributed by atoms with E-state index in [2.05, 4.69) is 81.5 Å². The maximum Gasteiger partial charge on any atom is 0.277 e. The van der Waals surface area contributed by atoms with Crippen molar-refractivity contribution in [3.63, 3.8) is 0 Å². The molecule has 3 aromatic carbocycles. The van der Waals surface area contributed by atoms with Gasteiger partial charge in [0.2, 0.25) is 0 Å². The van der Waals surface area contributed by atoms with Gasteiger partial charge in [0.05, 0.1) is 6.21 Å². The number of nitrogens with zero attached hydrogens (tertiary/aromatic N) is 1. The quantitative estimate of drug-likeness (QED) is 0.380. The predicted molar refractivity (Wildman–Crippen MR) is 131 cm³/mol. The van der Waals surface area contributed by atoms with Crippen LogP contribution in [0.25, 0.3) is 0 Å². The van der Waals surface area contributed by atoms with Gasteiger partial charge in [0.1, 0.15) is 5.75 Å². The highest BCUT2D eigenvalue weighted by Crippen LogP contribution is 2.32. The van der Waals surface area contributed by atoms with Crippen molar-refractivity contribution < 1.29 is 9.53 Å². The predicted octanol–water partition coefficient (Wildman–Crippen LogP) is 5.84. The minimum Gasteiger partial charge on any atom is -0.484 e. The van der Waals surface area contributed by atoms with Gasteiger partial charge in [-0.3, -0.25) is 4.79 Å². The average molecular weight is 429 g/mol. The molecule has 32 heavy (non-hydrogen) atoms. The first-order valence-electron chi connectivity index (χ1n) is 10.9. The molecule has 0 unspecified atom stereocenters. The third-order valence-electron chi connectivity index (χ3n) is 5.62. The summed E-state index contributed by atoms with van der Waals surface area (Å²) in [7, 11) is 0. The lowest BCUT2D eigenvalue weighted by Gasteiger charge is -2.26. The van der Waals surface area contributed by atoms with Crippen LogP contribution in [0.15, 0.2) is 84.0 Å². The number of rotatable bonds is 7. The number of hydrogen-bond acceptors (Lipinski definition) is 3. The first-order chi connectivity index (χ1) is 15.2. The summed E-state index contributed by atoms with van der Waals surface area (Å²) in [5, 5.41) is 4.02. The Hall–Kier alpha value is -3.40. The fourth-order valence-corrected chi connectivity index (χ4v) is 3.42. The van der Waals surface area contributed by atoms with E-state index in [9.17, 15) is 4.79 Å². The summed E-state index contributed by atoms with van der Waals surface area (Å²) >= 11 is 0. The van der Waals surface area contributed by atoms with E-state index in [0.29, 0.717) is 5.75 Å². The SMILES string of the molecule is CC(C)(C)c1ccc(/C=N/NC(=O)COc2ccc(C(C)(C)c3ccccc3)cc2)cc1. The van der Waals surface area contributed by atoms with Crippen LogP contribution in [-0.4, -0.2) is 18.7 Å². The minimum absolute atomic E-state index is 0.0955. The molecule has 0 spiro atoms. The standard InChI is InChI=1S/C28H32N2O2/c1-27(2,3)22-13-11-21(12-14-22)19-29-30-26(31)20-32-25-17-15-24(16-18-25)28(4,5)23-9-7-6-8-10-23/h6-19H,20H2,1-5H3,(H,30,31)/b29-19+. The highest BCUT2D eigenvalue weighted by atomic mass is 16.5. The van der Waals surface area contributed by atoms with Gasteiger partial charge in [0, 0.05) is 5.41 Å². The number of nitrogens with one attached hydrogen (secondary N) is 1. The van der Waals surface area contributed by atoms with Crippen molar-refractivity contribution in [2.45, 2.75) is 45.4 Å². The fourth-order valence-electron chi connectivity index (χ4n) is 3.42. The first-order valence-corrected chi connectivity index (χ1v) is 10.9. The Morgan fingerprint density at radius 3 is 1.97 bits per heavy atom. The molecule has 1 N–H and O–H groups in total. The smallest absolute Gasteiger partial charge is 0.277 e. The molecule has 0 radical (unpaired) electrons. The van der Waals surface area contributed by atoms with Gasteiger partial charge < -0.3 is 4.74 Å². The Morgan fingerprint density at radius 2 is 1.38 bits per heavy atom. The van der Waals surface area contributed by atoms with Crippen LogP contribution in [0.2, 0.25) is 0 Å². The largest absolute Gasteiger partial charge is 0.484 e. The fraction of sp³-hybridized carbons (Fsp3) is 0.286. The number of hydrazone groups is 1. The number of benzene rings is 3. The molecule has 0 atom stereocenters. The van der Waals surface area contributed by atoms with Crippen molar-refractivity contribution in [1.29, 1.82) is 0 Å². The summed E-state index contributed by atoms with van der Waals surface area (Å²) in [6, 6.07) is 26.4. The number of ether oxygens (including phenoxy) is 1. The third-order valence-corrected chi connectivity index (χ3v) is 5.62. The van der Waals surface area contributed by atoms with Crippen molar-refractivity contribution >= 4 is 12.1 Å². The van der Waals surface area contributed by atoms with Gasteiger partial charge in [-0.1, -0.05) is 101 Å². The summed E-state index contributed by atoms with van der Waals surface area (Å²) in [6.07, 6.45) is 1.63. The van der Waals surface area contributed by atoms with Crippen LogP contribution in [0.4, 0.5) is 0 Å². The van der Waals surface area contributed by atoms with E-state index in [4.69, 9.17) is 4.74 Å². The monoisotopic (exact) mass is 428 g/mol. The van der Waals surface area contributed by atoms with Crippen molar-refractivity contribution in [2.75, 3.05) is 6.61 Å². The minimum atomic E-state index is -0.304. The molecule has 0 aliphatic rings. The topological polar surface area (TPSA) is 50.7 Å². The average Bonchev–Trinajstić information content (AvgIpc) is 2.78. The van der Waals surface area contributed by atoms with Crippen molar-refractivity contribution in [3.05, 3.63) is 101 Å². The van der Waals surface area contributed by atoms with Crippen LogP contribution >= 0.6 is 0 Å². The Balaban J connectivity index is 1.50. The number of carbonyl (C=O) groups excluding carboxylic acids is 1. The molecule has 3 aromatic rings. The second-order valence-corrected chi connectivity index (χ2v) is 9.47. The van der Waals surface area contributed by atoms with Crippen molar-refractivity contribution in [1.82, 2.24) is 5.43 Å². The summed E-state index contributed by atoms with van der Waals surface area (Å²) < 4.78 is 5.61. The van der Waals surface area contributed by atoms with Crippen LogP contribution in [0, 0.1) is 0 Å². The van der Waals surface area contributed by atoms with Gasteiger partial charge in [-0.15, -0.1) is 0 Å². The van der Waals surface area contributed by atoms with Crippen LogP contribution in [0.3, 0.4) is 0 Å². The lowest BCUT2D eigenvalue weighted by molar-refractivity contribution is -0.123. The molecular weight excluding hydrogens is 396 g/mol. The van der Waals surface area contributed by atoms with Crippen LogP contribution < -0.4 is 10.2 Å². The van der Waals surface area contributed by atoms with Gasteiger partial charge in [-0.2, -0.15) is 5.10 Å². The van der Waals surface area contributed by atoms with Crippen LogP contribution in [0.1, 0.15) is 56.9 Å². The van der Waals surface area contributed by atoms with E-state index in [-0.39, 0.29) is 23.3 Å². The maximum absolute atomic E-state index is 12.1. The molecule has 0 bridgehead atoms. The van der Waals surface area contributed by atoms with E-state index < -0.39 is 0 Å². The second-order valence-electron chi connectivity index (χ2n) is 9.47. The summed E-state index contributed by atoms with van der Waals surface area (Å²) in [6.45, 7) is 10.8. The lowest BCUT2D eigenvalue weighted by atomic mass is 9.78. The van der Waals surface area contributed by atoms with E-state index in [1.807, 2.05) is 42.5 Å². The summed E-state index contributed by atoms with van der Waals surface area (Å²) in [5.41, 5.74) is 7.12. The van der Waals surface area contributed by atoms with Crippen LogP contribution in [-0.2, 0) is 15.6 Å². The van der Waals surface area contributed by atoms with Gasteiger partial charge in [-0.25, -0.2) is 5.43 Å². The molecule has 0 aliphatic heterocycles. The maximum atomic E-state index is 12.1. The zero-order chi connectivity index (χ0) is 23.2. The second kappa shape index (κ2) is 9.82. The zero-order valence-corrected chi connectivity index (χ0v) is 19.6. The molecule has 0 saturated carbocycles. The van der Waals surface area contributed by atoms with E-state index >= 15 is 0 Å². The van der Waals surface area contributed by atoms with E-state index in [1.54, 1.807) is 6.21 Å². The Bertz CT molecular complexity index is 1050. The van der Waals surface area contributed by atoms with E-state index in [0.717, 1.165) is 5.56 Å². The van der Waals surface area contributed by atoms with Crippen molar-refractivity contribution in [2.24, 2.45) is 5.10 Å². The molecule has 0 aromatic heterocycles. The molecule has 0 heterocycles. The number of carbonyl (C=O) groups is 1. The molecule has 4 nitrogen and oxygen atoms in total. The molecule has 0 saturated heterocycles. The Labute approximate surface area is 191 Å². The number of hydrogen-bond donors (Lipinski definition) is 1. The lowest BCUT2D eigenvalue weighted by Crippen LogP contribution is -2.24. The van der Waals surface area contributed by atoms with Gasteiger partial charge in [0.25, 0.3) is 5.91 Å². The van der Waals surface area contributed by atoms with Crippen LogP contribution in [0.5, 0.6) is 5.75 Å². The van der Waals surface area contributed by atoms with Crippen molar-refractivity contribution in [3.8, 4) is 5.75 Å². The first kappa shape index (κ1) is 23.3. The summed E-state index contributed by atoms with van der Waals surface area (Å²) in [4.78, 5) is 12.1. The molecular formula is C28H32N2O2. The molecule has 0 aliphatic carbocycles. The Morgan fingerprint density at radius 1 is 0.812 bits per heavy atom. The molecule has 3 rings (SSSR count). The van der Waals surface area contributed by atoms with Gasteiger partial charge >= 0.3 is 0 Å². The summed E-state index contributed by atoms with van der Waals surface area (Å²) in [5.74, 6) is 0.343. The molecule has 166 valence electrons. The van der Waals surface area contributed by atoms with E-state index in [1.165, 1.54) is 16.7 Å². The van der Waals surface area contributed by atoms with Gasteiger partial charge in [0.15, 0.2) is 6.61 Å². The molecule has 4 heteroatoms. The van der Waals surface area contributed by atoms with Gasteiger partial charge in [-0.05, 0) is 39.8 Å².